The molecule has 0 radical (unpaired) electrons. The lowest BCUT2D eigenvalue weighted by Crippen LogP contribution is -2.00. The molecule has 2 nitrogen and oxygen atoms in total. The predicted molar refractivity (Wildman–Crippen MR) is 124 cm³/mol. The van der Waals surface area contributed by atoms with Crippen molar-refractivity contribution >= 4 is 39.0 Å². The van der Waals surface area contributed by atoms with E-state index in [0.717, 1.165) is 29.4 Å². The van der Waals surface area contributed by atoms with Crippen molar-refractivity contribution in [2.75, 3.05) is 5.32 Å². The van der Waals surface area contributed by atoms with Crippen LogP contribution in [0, 0.1) is 0 Å². The topological polar surface area (TPSA) is 17.0 Å². The molecule has 4 aromatic carbocycles. The molecule has 142 valence electrons. The summed E-state index contributed by atoms with van der Waals surface area (Å²) in [6.45, 7) is 1.53. The number of nitrogens with zero attached hydrogens (tertiary/aromatic N) is 1. The molecule has 0 aliphatic rings. The van der Waals surface area contributed by atoms with Gasteiger partial charge in [0.25, 0.3) is 0 Å². The first-order chi connectivity index (χ1) is 14.3. The van der Waals surface area contributed by atoms with Crippen LogP contribution in [0.2, 0.25) is 5.02 Å². The second kappa shape index (κ2) is 7.65. The number of nitrogens with one attached hydrogen (secondary N) is 1. The van der Waals surface area contributed by atoms with Gasteiger partial charge in [0.2, 0.25) is 0 Å². The Bertz CT molecular complexity index is 1300. The van der Waals surface area contributed by atoms with Crippen LogP contribution < -0.4 is 5.32 Å². The van der Waals surface area contributed by atoms with Crippen LogP contribution in [0.25, 0.3) is 21.7 Å². The van der Waals surface area contributed by atoms with E-state index in [0.29, 0.717) is 0 Å². The molecular formula is C26H21ClN2. The third-order valence-corrected chi connectivity index (χ3v) is 5.80. The van der Waals surface area contributed by atoms with Gasteiger partial charge in [-0.25, -0.2) is 0 Å². The normalized spacial score (nSPS) is 11.2. The monoisotopic (exact) mass is 396 g/mol. The van der Waals surface area contributed by atoms with Gasteiger partial charge in [-0.15, -0.1) is 0 Å². The van der Waals surface area contributed by atoms with E-state index in [1.165, 1.54) is 27.2 Å². The van der Waals surface area contributed by atoms with E-state index in [9.17, 15) is 0 Å². The third-order valence-electron chi connectivity index (χ3n) is 5.43. The maximum Gasteiger partial charge on any atom is 0.0491 e. The fourth-order valence-electron chi connectivity index (χ4n) is 3.97. The summed E-state index contributed by atoms with van der Waals surface area (Å²) in [7, 11) is 0. The summed E-state index contributed by atoms with van der Waals surface area (Å²) in [6.07, 6.45) is 2.24. The molecule has 0 aliphatic heterocycles. The fraction of sp³-hybridized carbons (Fsp3) is 0.0769. The maximum absolute atomic E-state index is 6.40. The minimum absolute atomic E-state index is 0.758. The second-order valence-electron chi connectivity index (χ2n) is 7.27. The van der Waals surface area contributed by atoms with Crippen LogP contribution in [-0.2, 0) is 13.1 Å². The van der Waals surface area contributed by atoms with E-state index in [-0.39, 0.29) is 0 Å². The molecule has 0 spiro atoms. The Morgan fingerprint density at radius 2 is 1.41 bits per heavy atom. The largest absolute Gasteiger partial charge is 0.380 e. The molecule has 0 bridgehead atoms. The molecule has 1 N–H and O–H groups in total. The number of para-hydroxylation sites is 1. The molecule has 0 aliphatic carbocycles. The Balaban J connectivity index is 1.48. The molecule has 0 atom stereocenters. The number of anilines is 1. The molecule has 0 fully saturated rings. The highest BCUT2D eigenvalue weighted by molar-refractivity contribution is 6.31. The molecular weight excluding hydrogens is 376 g/mol. The zero-order valence-corrected chi connectivity index (χ0v) is 16.7. The molecule has 5 aromatic rings. The summed E-state index contributed by atoms with van der Waals surface area (Å²) in [5.41, 5.74) is 4.79. The van der Waals surface area contributed by atoms with Gasteiger partial charge in [0.1, 0.15) is 0 Å². The van der Waals surface area contributed by atoms with Crippen LogP contribution in [0.3, 0.4) is 0 Å². The molecule has 0 unspecified atom stereocenters. The molecule has 0 amide bonds. The fourth-order valence-corrected chi connectivity index (χ4v) is 4.17. The highest BCUT2D eigenvalue weighted by Gasteiger charge is 2.10. The SMILES string of the molecule is Clc1ccccc1Cn1cc(CNc2cccc3ccccc23)c2ccccc21. The maximum atomic E-state index is 6.40. The molecule has 0 saturated heterocycles. The highest BCUT2D eigenvalue weighted by atomic mass is 35.5. The lowest BCUT2D eigenvalue weighted by Gasteiger charge is -2.09. The Hall–Kier alpha value is -3.23. The molecule has 1 aromatic heterocycles. The summed E-state index contributed by atoms with van der Waals surface area (Å²) < 4.78 is 2.29. The molecule has 29 heavy (non-hydrogen) atoms. The number of aromatic nitrogens is 1. The van der Waals surface area contributed by atoms with Gasteiger partial charge in [-0.05, 0) is 34.7 Å². The summed E-state index contributed by atoms with van der Waals surface area (Å²) in [6, 6.07) is 31.5. The summed E-state index contributed by atoms with van der Waals surface area (Å²) in [5.74, 6) is 0. The van der Waals surface area contributed by atoms with Gasteiger partial charge in [-0.2, -0.15) is 0 Å². The summed E-state index contributed by atoms with van der Waals surface area (Å²) >= 11 is 6.40. The van der Waals surface area contributed by atoms with Gasteiger partial charge in [0.15, 0.2) is 0 Å². The van der Waals surface area contributed by atoms with Crippen molar-refractivity contribution in [3.05, 3.63) is 113 Å². The Kier molecular flexibility index (Phi) is 4.71. The third kappa shape index (κ3) is 3.48. The first-order valence-electron chi connectivity index (χ1n) is 9.81. The summed E-state index contributed by atoms with van der Waals surface area (Å²) in [5, 5.41) is 8.22. The first kappa shape index (κ1) is 17.8. The van der Waals surface area contributed by atoms with Crippen LogP contribution in [0.15, 0.2) is 97.2 Å². The van der Waals surface area contributed by atoms with Crippen LogP contribution in [0.5, 0.6) is 0 Å². The first-order valence-corrected chi connectivity index (χ1v) is 10.2. The highest BCUT2D eigenvalue weighted by Crippen LogP contribution is 2.27. The van der Waals surface area contributed by atoms with E-state index in [1.807, 2.05) is 18.2 Å². The number of benzene rings is 4. The minimum Gasteiger partial charge on any atom is -0.380 e. The molecule has 3 heteroatoms. The van der Waals surface area contributed by atoms with Crippen LogP contribution in [-0.4, -0.2) is 4.57 Å². The van der Waals surface area contributed by atoms with E-state index in [4.69, 9.17) is 11.6 Å². The van der Waals surface area contributed by atoms with E-state index < -0.39 is 0 Å². The van der Waals surface area contributed by atoms with Crippen molar-refractivity contribution < 1.29 is 0 Å². The molecule has 0 saturated carbocycles. The molecule has 1 heterocycles. The van der Waals surface area contributed by atoms with Gasteiger partial charge in [0.05, 0.1) is 0 Å². The van der Waals surface area contributed by atoms with E-state index in [1.54, 1.807) is 0 Å². The van der Waals surface area contributed by atoms with Gasteiger partial charge in [-0.1, -0.05) is 84.4 Å². The van der Waals surface area contributed by atoms with Crippen LogP contribution in [0.4, 0.5) is 5.69 Å². The average molecular weight is 397 g/mol. The number of hydrogen-bond acceptors (Lipinski definition) is 1. The standard InChI is InChI=1S/C26H21ClN2/c27-24-13-5-2-9-20(24)17-29-18-21(23-12-4-6-15-26(23)29)16-28-25-14-7-10-19-8-1-3-11-22(19)25/h1-15,18,28H,16-17H2. The van der Waals surface area contributed by atoms with Crippen molar-refractivity contribution in [1.82, 2.24) is 4.57 Å². The predicted octanol–water partition coefficient (Wildman–Crippen LogP) is 7.11. The Labute approximate surface area is 175 Å². The number of hydrogen-bond donors (Lipinski definition) is 1. The van der Waals surface area contributed by atoms with Crippen molar-refractivity contribution in [2.24, 2.45) is 0 Å². The lowest BCUT2D eigenvalue weighted by atomic mass is 10.1. The average Bonchev–Trinajstić information content (AvgIpc) is 3.11. The van der Waals surface area contributed by atoms with Crippen LogP contribution >= 0.6 is 11.6 Å². The lowest BCUT2D eigenvalue weighted by molar-refractivity contribution is 0.831. The summed E-state index contributed by atoms with van der Waals surface area (Å²) in [4.78, 5) is 0. The number of rotatable bonds is 5. The van der Waals surface area contributed by atoms with E-state index in [2.05, 4.69) is 88.9 Å². The minimum atomic E-state index is 0.758. The van der Waals surface area contributed by atoms with Gasteiger partial charge in [-0.3, -0.25) is 0 Å². The van der Waals surface area contributed by atoms with Gasteiger partial charge < -0.3 is 9.88 Å². The number of fused-ring (bicyclic) bond motifs is 2. The quantitative estimate of drug-likeness (QED) is 0.335. The zero-order valence-electron chi connectivity index (χ0n) is 16.0. The van der Waals surface area contributed by atoms with Gasteiger partial charge >= 0.3 is 0 Å². The number of halogens is 1. The van der Waals surface area contributed by atoms with Gasteiger partial charge in [0, 0.05) is 46.3 Å². The van der Waals surface area contributed by atoms with Crippen molar-refractivity contribution in [1.29, 1.82) is 0 Å². The Morgan fingerprint density at radius 3 is 2.31 bits per heavy atom. The van der Waals surface area contributed by atoms with Crippen LogP contribution in [0.1, 0.15) is 11.1 Å². The smallest absolute Gasteiger partial charge is 0.0491 e. The Morgan fingerprint density at radius 1 is 0.690 bits per heavy atom. The zero-order chi connectivity index (χ0) is 19.6. The second-order valence-corrected chi connectivity index (χ2v) is 7.68. The van der Waals surface area contributed by atoms with Crippen molar-refractivity contribution in [2.45, 2.75) is 13.1 Å². The van der Waals surface area contributed by atoms with Crippen molar-refractivity contribution in [3.63, 3.8) is 0 Å². The van der Waals surface area contributed by atoms with Crippen molar-refractivity contribution in [3.8, 4) is 0 Å². The van der Waals surface area contributed by atoms with E-state index >= 15 is 0 Å². The molecule has 5 rings (SSSR count).